The summed E-state index contributed by atoms with van der Waals surface area (Å²) in [5, 5.41) is 31.3. The second-order valence-corrected chi connectivity index (χ2v) is 16.6. The maximum absolute atomic E-state index is 12.6. The van der Waals surface area contributed by atoms with Crippen molar-refractivity contribution in [1.29, 1.82) is 0 Å². The summed E-state index contributed by atoms with van der Waals surface area (Å²) in [6, 6.07) is 0. The van der Waals surface area contributed by atoms with E-state index in [-0.39, 0.29) is 44.4 Å². The Morgan fingerprint density at radius 3 is 2.03 bits per heavy atom. The molecule has 0 amide bonds. The summed E-state index contributed by atoms with van der Waals surface area (Å²) in [5.74, 6) is -1.29. The van der Waals surface area contributed by atoms with Gasteiger partial charge in [0, 0.05) is 31.7 Å². The molecule has 6 N–H and O–H groups in total. The number of aliphatic hydroxyl groups excluding tert-OH is 3. The third-order valence-electron chi connectivity index (χ3n) is 9.99. The minimum Gasteiger partial charge on any atom is -0.462 e. The van der Waals surface area contributed by atoms with E-state index < -0.39 is 50.8 Å². The van der Waals surface area contributed by atoms with Gasteiger partial charge in [-0.3, -0.25) is 18.6 Å². The van der Waals surface area contributed by atoms with Crippen LogP contribution in [0, 0.1) is 11.8 Å². The highest BCUT2D eigenvalue weighted by atomic mass is 31.2. The summed E-state index contributed by atoms with van der Waals surface area (Å²) in [6.07, 6.45) is 34.6. The van der Waals surface area contributed by atoms with E-state index in [1.54, 1.807) is 6.08 Å². The molecular formula is C45H78NO11P. The summed E-state index contributed by atoms with van der Waals surface area (Å²) >= 11 is 0. The van der Waals surface area contributed by atoms with Gasteiger partial charge in [0.1, 0.15) is 6.61 Å². The molecule has 7 atom stereocenters. The number of rotatable bonds is 36. The molecular weight excluding hydrogens is 761 g/mol. The number of hydrogen-bond donors (Lipinski definition) is 5. The Bertz CT molecular complexity index is 1250. The Hall–Kier alpha value is -2.41. The van der Waals surface area contributed by atoms with Crippen LogP contribution in [-0.2, 0) is 32.7 Å². The van der Waals surface area contributed by atoms with Crippen molar-refractivity contribution in [1.82, 2.24) is 0 Å². The van der Waals surface area contributed by atoms with Gasteiger partial charge in [0.15, 0.2) is 6.10 Å². The van der Waals surface area contributed by atoms with Crippen LogP contribution in [0.2, 0.25) is 0 Å². The molecule has 0 aromatic rings. The van der Waals surface area contributed by atoms with Crippen molar-refractivity contribution in [3.63, 3.8) is 0 Å². The number of aliphatic hydroxyl groups is 3. The molecule has 334 valence electrons. The smallest absolute Gasteiger partial charge is 0.462 e. The van der Waals surface area contributed by atoms with Gasteiger partial charge in [0.25, 0.3) is 0 Å². The highest BCUT2D eigenvalue weighted by molar-refractivity contribution is 7.47. The maximum Gasteiger partial charge on any atom is 0.472 e. The third kappa shape index (κ3) is 28.9. The Kier molecular flexibility index (Phi) is 32.7. The van der Waals surface area contributed by atoms with Crippen LogP contribution in [0.15, 0.2) is 60.8 Å². The molecule has 1 aliphatic rings. The lowest BCUT2D eigenvalue weighted by Gasteiger charge is -2.21. The topological polar surface area (TPSA) is 195 Å². The van der Waals surface area contributed by atoms with Crippen LogP contribution < -0.4 is 5.73 Å². The van der Waals surface area contributed by atoms with Crippen molar-refractivity contribution in [2.24, 2.45) is 17.6 Å². The average molecular weight is 840 g/mol. The summed E-state index contributed by atoms with van der Waals surface area (Å²) < 4.78 is 32.8. The number of phosphoric ester groups is 1. The molecule has 1 saturated carbocycles. The van der Waals surface area contributed by atoms with Crippen LogP contribution in [-0.4, -0.2) is 82.9 Å². The van der Waals surface area contributed by atoms with Crippen molar-refractivity contribution >= 4 is 19.8 Å². The van der Waals surface area contributed by atoms with Crippen LogP contribution in [0.1, 0.15) is 149 Å². The van der Waals surface area contributed by atoms with Gasteiger partial charge >= 0.3 is 19.8 Å². The molecule has 0 aromatic heterocycles. The number of ether oxygens (including phenoxy) is 2. The van der Waals surface area contributed by atoms with Gasteiger partial charge in [-0.05, 0) is 70.1 Å². The van der Waals surface area contributed by atoms with Crippen LogP contribution in [0.25, 0.3) is 0 Å². The first-order valence-corrected chi connectivity index (χ1v) is 23.5. The van der Waals surface area contributed by atoms with Gasteiger partial charge in [-0.1, -0.05) is 126 Å². The SMILES string of the molecule is CC/C=C\C/C=C\C/C=C\C/C=C\CCCCCCC(=O)O[C@H](COC(=O)CCCCCC[C@@H]1[C@@H](/C=C/[C@@H](O)CCCCC)[C@H](O)C[C@@H]1O)COP(=O)(O)OCCN. The number of carbonyl (C=O) groups excluding carboxylic acids is 2. The molecule has 1 unspecified atom stereocenters. The number of nitrogens with two attached hydrogens (primary N) is 1. The molecule has 12 nitrogen and oxygen atoms in total. The van der Waals surface area contributed by atoms with Crippen LogP contribution >= 0.6 is 7.82 Å². The van der Waals surface area contributed by atoms with Crippen LogP contribution in [0.3, 0.4) is 0 Å². The van der Waals surface area contributed by atoms with Crippen LogP contribution in [0.5, 0.6) is 0 Å². The van der Waals surface area contributed by atoms with Crippen LogP contribution in [0.4, 0.5) is 0 Å². The van der Waals surface area contributed by atoms with Gasteiger partial charge in [-0.2, -0.15) is 0 Å². The zero-order valence-electron chi connectivity index (χ0n) is 35.6. The van der Waals surface area contributed by atoms with E-state index in [9.17, 15) is 34.4 Å². The van der Waals surface area contributed by atoms with E-state index in [4.69, 9.17) is 24.3 Å². The molecule has 0 aromatic carbocycles. The normalized spacial score (nSPS) is 20.9. The zero-order chi connectivity index (χ0) is 42.7. The van der Waals surface area contributed by atoms with Crippen molar-refractivity contribution in [2.75, 3.05) is 26.4 Å². The van der Waals surface area contributed by atoms with Crippen molar-refractivity contribution < 1.29 is 52.9 Å². The quantitative estimate of drug-likeness (QED) is 0.0174. The fourth-order valence-electron chi connectivity index (χ4n) is 6.72. The Labute approximate surface area is 349 Å². The highest BCUT2D eigenvalue weighted by Gasteiger charge is 2.39. The third-order valence-corrected chi connectivity index (χ3v) is 11.0. The van der Waals surface area contributed by atoms with Gasteiger partial charge < -0.3 is 35.4 Å². The van der Waals surface area contributed by atoms with Gasteiger partial charge in [-0.25, -0.2) is 4.57 Å². The Balaban J connectivity index is 2.39. The second kappa shape index (κ2) is 35.4. The molecule has 13 heteroatoms. The molecule has 0 aliphatic heterocycles. The Morgan fingerprint density at radius 1 is 0.759 bits per heavy atom. The van der Waals surface area contributed by atoms with Crippen molar-refractivity contribution in [2.45, 2.75) is 173 Å². The summed E-state index contributed by atoms with van der Waals surface area (Å²) in [5.41, 5.74) is 5.34. The summed E-state index contributed by atoms with van der Waals surface area (Å²) in [6.45, 7) is 3.23. The standard InChI is InChI=1S/C45H78NO11P/c1-3-5-7-8-9-10-11-12-13-14-15-16-17-18-19-20-26-30-45(51)57-39(37-56-58(52,53)55-34-33-46)36-54-44(50)29-25-22-21-24-28-40-41(43(49)35-42(40)48)32-31-38(47)27-23-6-4-2/h5,7,9-10,12-13,15-16,31-32,38-43,47-49H,3-4,6,8,11,14,17-30,33-37,46H2,1-2H3,(H,52,53)/b7-5-,10-9-,13-12-,16-15-,32-31+/t38-,39+,40+,41+,42-,43+/m0/s1. The fraction of sp³-hybridized carbons (Fsp3) is 0.733. The Morgan fingerprint density at radius 2 is 1.38 bits per heavy atom. The monoisotopic (exact) mass is 840 g/mol. The molecule has 0 bridgehead atoms. The first-order valence-electron chi connectivity index (χ1n) is 22.0. The number of esters is 2. The first-order chi connectivity index (χ1) is 28.0. The number of allylic oxidation sites excluding steroid dienone is 8. The second-order valence-electron chi connectivity index (χ2n) is 15.1. The van der Waals surface area contributed by atoms with Gasteiger partial charge in [-0.15, -0.1) is 0 Å². The lowest BCUT2D eigenvalue weighted by Crippen LogP contribution is -2.29. The van der Waals surface area contributed by atoms with E-state index in [1.807, 2.05) is 6.08 Å². The summed E-state index contributed by atoms with van der Waals surface area (Å²) in [4.78, 5) is 35.1. The number of carbonyl (C=O) groups is 2. The van der Waals surface area contributed by atoms with E-state index in [1.165, 1.54) is 0 Å². The maximum atomic E-state index is 12.6. The predicted octanol–water partition coefficient (Wildman–Crippen LogP) is 8.88. The van der Waals surface area contributed by atoms with Gasteiger partial charge in [0.2, 0.25) is 0 Å². The van der Waals surface area contributed by atoms with Gasteiger partial charge in [0.05, 0.1) is 31.5 Å². The van der Waals surface area contributed by atoms with E-state index in [0.29, 0.717) is 25.7 Å². The molecule has 1 aliphatic carbocycles. The molecule has 0 spiro atoms. The summed E-state index contributed by atoms with van der Waals surface area (Å²) in [7, 11) is -4.44. The molecule has 58 heavy (non-hydrogen) atoms. The predicted molar refractivity (Wildman–Crippen MR) is 231 cm³/mol. The van der Waals surface area contributed by atoms with Crippen molar-refractivity contribution in [3.05, 3.63) is 60.8 Å². The number of phosphoric acid groups is 1. The van der Waals surface area contributed by atoms with E-state index >= 15 is 0 Å². The molecule has 0 heterocycles. The molecule has 1 fully saturated rings. The number of unbranched alkanes of at least 4 members (excludes halogenated alkanes) is 9. The van der Waals surface area contributed by atoms with E-state index in [0.717, 1.165) is 96.3 Å². The average Bonchev–Trinajstić information content (AvgIpc) is 3.47. The zero-order valence-corrected chi connectivity index (χ0v) is 36.5. The van der Waals surface area contributed by atoms with E-state index in [2.05, 4.69) is 62.5 Å². The number of hydrogen-bond acceptors (Lipinski definition) is 11. The lowest BCUT2D eigenvalue weighted by molar-refractivity contribution is -0.161. The lowest BCUT2D eigenvalue weighted by atomic mass is 9.88. The highest BCUT2D eigenvalue weighted by Crippen LogP contribution is 2.43. The molecule has 0 radical (unpaired) electrons. The molecule has 0 saturated heterocycles. The molecule has 1 rings (SSSR count). The first kappa shape index (κ1) is 53.6. The fourth-order valence-corrected chi connectivity index (χ4v) is 7.49. The minimum atomic E-state index is -4.44. The largest absolute Gasteiger partial charge is 0.472 e. The van der Waals surface area contributed by atoms with Crippen molar-refractivity contribution in [3.8, 4) is 0 Å². The minimum absolute atomic E-state index is 0.0150.